The minimum absolute atomic E-state index is 0.154. The maximum Gasteiger partial charge on any atom is 0.306 e. The van der Waals surface area contributed by atoms with Crippen LogP contribution in [0.3, 0.4) is 0 Å². The second-order valence-corrected chi connectivity index (χ2v) is 5.40. The van der Waals surface area contributed by atoms with E-state index in [0.717, 1.165) is 12.2 Å². The first kappa shape index (κ1) is 15.3. The standard InChI is InChI=1S/C11H21NO3S/c1-9(8-11(14)15-4)16-7-5-6-10(13)12(2)3/h9H,5-8H2,1-4H3. The number of hydrogen-bond acceptors (Lipinski definition) is 4. The van der Waals surface area contributed by atoms with Gasteiger partial charge in [0.2, 0.25) is 5.91 Å². The Kier molecular flexibility index (Phi) is 8.07. The first-order chi connectivity index (χ1) is 7.47. The SMILES string of the molecule is COC(=O)CC(C)SCCCC(=O)N(C)C. The van der Waals surface area contributed by atoms with E-state index in [-0.39, 0.29) is 17.1 Å². The van der Waals surface area contributed by atoms with Gasteiger partial charge in [0, 0.05) is 25.8 Å². The van der Waals surface area contributed by atoms with E-state index in [0.29, 0.717) is 12.8 Å². The summed E-state index contributed by atoms with van der Waals surface area (Å²) in [5, 5.41) is 0.252. The van der Waals surface area contributed by atoms with Crippen LogP contribution in [0.1, 0.15) is 26.2 Å². The van der Waals surface area contributed by atoms with Crippen LogP contribution >= 0.6 is 11.8 Å². The molecule has 0 radical (unpaired) electrons. The van der Waals surface area contributed by atoms with Crippen LogP contribution < -0.4 is 0 Å². The fourth-order valence-corrected chi connectivity index (χ4v) is 2.08. The van der Waals surface area contributed by atoms with E-state index in [1.165, 1.54) is 7.11 Å². The number of ether oxygens (including phenoxy) is 1. The van der Waals surface area contributed by atoms with E-state index in [9.17, 15) is 9.59 Å². The third-order valence-electron chi connectivity index (χ3n) is 2.12. The number of esters is 1. The van der Waals surface area contributed by atoms with E-state index >= 15 is 0 Å². The van der Waals surface area contributed by atoms with Crippen LogP contribution in [0.4, 0.5) is 0 Å². The molecule has 0 aliphatic rings. The molecule has 0 spiro atoms. The summed E-state index contributed by atoms with van der Waals surface area (Å²) in [6.07, 6.45) is 1.86. The van der Waals surface area contributed by atoms with Crippen molar-refractivity contribution in [1.82, 2.24) is 4.90 Å². The van der Waals surface area contributed by atoms with Crippen LogP contribution in [-0.2, 0) is 14.3 Å². The molecule has 0 fully saturated rings. The molecule has 0 aromatic carbocycles. The topological polar surface area (TPSA) is 46.6 Å². The van der Waals surface area contributed by atoms with Crippen molar-refractivity contribution >= 4 is 23.6 Å². The third kappa shape index (κ3) is 7.56. The summed E-state index contributed by atoms with van der Waals surface area (Å²) < 4.78 is 4.58. The van der Waals surface area contributed by atoms with Gasteiger partial charge in [0.15, 0.2) is 0 Å². The lowest BCUT2D eigenvalue weighted by molar-refractivity contribution is -0.140. The van der Waals surface area contributed by atoms with Gasteiger partial charge in [-0.3, -0.25) is 9.59 Å². The largest absolute Gasteiger partial charge is 0.469 e. The van der Waals surface area contributed by atoms with Crippen LogP contribution in [0, 0.1) is 0 Å². The highest BCUT2D eigenvalue weighted by molar-refractivity contribution is 7.99. The van der Waals surface area contributed by atoms with Crippen molar-refractivity contribution in [3.63, 3.8) is 0 Å². The van der Waals surface area contributed by atoms with Gasteiger partial charge in [-0.2, -0.15) is 11.8 Å². The zero-order valence-corrected chi connectivity index (χ0v) is 11.3. The summed E-state index contributed by atoms with van der Waals surface area (Å²) in [6, 6.07) is 0. The Morgan fingerprint density at radius 3 is 2.50 bits per heavy atom. The molecule has 1 amide bonds. The molecule has 4 nitrogen and oxygen atoms in total. The molecule has 0 saturated carbocycles. The molecular weight excluding hydrogens is 226 g/mol. The molecule has 0 aromatic rings. The van der Waals surface area contributed by atoms with Gasteiger partial charge < -0.3 is 9.64 Å². The second-order valence-electron chi connectivity index (χ2n) is 3.85. The smallest absolute Gasteiger partial charge is 0.306 e. The van der Waals surface area contributed by atoms with Crippen LogP contribution in [0.25, 0.3) is 0 Å². The molecule has 1 unspecified atom stereocenters. The maximum atomic E-state index is 11.3. The molecule has 0 aromatic heterocycles. The number of thioether (sulfide) groups is 1. The summed E-state index contributed by atoms with van der Waals surface area (Å²) in [5.41, 5.74) is 0. The van der Waals surface area contributed by atoms with Crippen LogP contribution in [-0.4, -0.2) is 49.0 Å². The summed E-state index contributed by atoms with van der Waals surface area (Å²) in [6.45, 7) is 2.00. The second kappa shape index (κ2) is 8.44. The van der Waals surface area contributed by atoms with Crippen molar-refractivity contribution < 1.29 is 14.3 Å². The number of methoxy groups -OCH3 is 1. The van der Waals surface area contributed by atoms with E-state index < -0.39 is 0 Å². The third-order valence-corrected chi connectivity index (χ3v) is 3.38. The molecule has 16 heavy (non-hydrogen) atoms. The molecule has 1 atom stereocenters. The van der Waals surface area contributed by atoms with Crippen molar-refractivity contribution in [3.8, 4) is 0 Å². The maximum absolute atomic E-state index is 11.3. The van der Waals surface area contributed by atoms with Crippen molar-refractivity contribution in [2.24, 2.45) is 0 Å². The Morgan fingerprint density at radius 2 is 2.00 bits per heavy atom. The van der Waals surface area contributed by atoms with Gasteiger partial charge >= 0.3 is 5.97 Å². The number of rotatable bonds is 7. The fourth-order valence-electron chi connectivity index (χ4n) is 1.11. The Balaban J connectivity index is 3.51. The van der Waals surface area contributed by atoms with Gasteiger partial charge in [-0.25, -0.2) is 0 Å². The summed E-state index contributed by atoms with van der Waals surface area (Å²) in [7, 11) is 4.92. The Bertz CT molecular complexity index is 231. The zero-order chi connectivity index (χ0) is 12.6. The lowest BCUT2D eigenvalue weighted by Crippen LogP contribution is -2.21. The van der Waals surface area contributed by atoms with E-state index in [1.807, 2.05) is 6.92 Å². The van der Waals surface area contributed by atoms with Crippen LogP contribution in [0.15, 0.2) is 0 Å². The van der Waals surface area contributed by atoms with Gasteiger partial charge in [-0.15, -0.1) is 0 Å². The first-order valence-corrected chi connectivity index (χ1v) is 6.40. The molecule has 0 aliphatic heterocycles. The number of amides is 1. The lowest BCUT2D eigenvalue weighted by atomic mass is 10.3. The average molecular weight is 247 g/mol. The Labute approximate surface area is 102 Å². The summed E-state index contributed by atoms with van der Waals surface area (Å²) in [5.74, 6) is 0.878. The normalized spacial score (nSPS) is 12.0. The Hall–Kier alpha value is -0.710. The van der Waals surface area contributed by atoms with E-state index in [1.54, 1.807) is 30.8 Å². The molecule has 5 heteroatoms. The van der Waals surface area contributed by atoms with Gasteiger partial charge in [-0.1, -0.05) is 6.92 Å². The average Bonchev–Trinajstić information content (AvgIpc) is 2.23. The molecule has 0 saturated heterocycles. The quantitative estimate of drug-likeness (QED) is 0.506. The predicted molar refractivity (Wildman–Crippen MR) is 66.5 cm³/mol. The monoisotopic (exact) mass is 247 g/mol. The van der Waals surface area contributed by atoms with Crippen molar-refractivity contribution in [2.45, 2.75) is 31.4 Å². The minimum Gasteiger partial charge on any atom is -0.469 e. The highest BCUT2D eigenvalue weighted by atomic mass is 32.2. The van der Waals surface area contributed by atoms with Crippen molar-refractivity contribution in [2.75, 3.05) is 27.0 Å². The fraction of sp³-hybridized carbons (Fsp3) is 0.818. The molecular formula is C11H21NO3S. The summed E-state index contributed by atoms with van der Waals surface area (Å²) in [4.78, 5) is 23.8. The zero-order valence-electron chi connectivity index (χ0n) is 10.5. The molecule has 0 bridgehead atoms. The molecule has 0 aliphatic carbocycles. The van der Waals surface area contributed by atoms with Gasteiger partial charge in [0.1, 0.15) is 0 Å². The molecule has 0 rings (SSSR count). The first-order valence-electron chi connectivity index (χ1n) is 5.36. The number of hydrogen-bond donors (Lipinski definition) is 0. The molecule has 0 N–H and O–H groups in total. The van der Waals surface area contributed by atoms with Gasteiger partial charge in [-0.05, 0) is 12.2 Å². The lowest BCUT2D eigenvalue weighted by Gasteiger charge is -2.11. The van der Waals surface area contributed by atoms with Gasteiger partial charge in [0.05, 0.1) is 13.5 Å². The number of nitrogens with zero attached hydrogens (tertiary/aromatic N) is 1. The van der Waals surface area contributed by atoms with Crippen LogP contribution in [0.2, 0.25) is 0 Å². The molecule has 0 heterocycles. The highest BCUT2D eigenvalue weighted by Crippen LogP contribution is 2.16. The number of carbonyl (C=O) groups is 2. The Morgan fingerprint density at radius 1 is 1.38 bits per heavy atom. The number of carbonyl (C=O) groups excluding carboxylic acids is 2. The van der Waals surface area contributed by atoms with E-state index in [2.05, 4.69) is 4.74 Å². The predicted octanol–water partition coefficient (Wildman–Crippen LogP) is 1.54. The minimum atomic E-state index is -0.177. The van der Waals surface area contributed by atoms with Crippen molar-refractivity contribution in [1.29, 1.82) is 0 Å². The van der Waals surface area contributed by atoms with Crippen molar-refractivity contribution in [3.05, 3.63) is 0 Å². The molecule has 94 valence electrons. The van der Waals surface area contributed by atoms with E-state index in [4.69, 9.17) is 0 Å². The highest BCUT2D eigenvalue weighted by Gasteiger charge is 2.10. The summed E-state index contributed by atoms with van der Waals surface area (Å²) >= 11 is 1.70. The van der Waals surface area contributed by atoms with Gasteiger partial charge in [0.25, 0.3) is 0 Å². The van der Waals surface area contributed by atoms with Crippen LogP contribution in [0.5, 0.6) is 0 Å².